The van der Waals surface area contributed by atoms with Crippen LogP contribution in [0.3, 0.4) is 0 Å². The van der Waals surface area contributed by atoms with Gasteiger partial charge in [-0.25, -0.2) is 0 Å². The fraction of sp³-hybridized carbons (Fsp3) is 0. The second-order valence-electron chi connectivity index (χ2n) is 3.66. The third-order valence-electron chi connectivity index (χ3n) is 2.34. The topological polar surface area (TPSA) is 80.0 Å². The molecule has 0 spiro atoms. The number of benzene rings is 1. The first-order chi connectivity index (χ1) is 9.10. The van der Waals surface area contributed by atoms with Gasteiger partial charge in [0.2, 0.25) is 0 Å². The first kappa shape index (κ1) is 13.8. The van der Waals surface area contributed by atoms with Crippen LogP contribution >= 0.6 is 27.5 Å². The van der Waals surface area contributed by atoms with E-state index in [-0.39, 0.29) is 11.6 Å². The summed E-state index contributed by atoms with van der Waals surface area (Å²) in [6, 6.07) is 8.35. The van der Waals surface area contributed by atoms with Crippen LogP contribution in [0.5, 0.6) is 0 Å². The molecular weight excluding hydrogens is 332 g/mol. The number of rotatable bonds is 3. The maximum absolute atomic E-state index is 12.0. The zero-order valence-corrected chi connectivity index (χ0v) is 12.0. The molecule has 0 aliphatic carbocycles. The monoisotopic (exact) mass is 340 g/mol. The lowest BCUT2D eigenvalue weighted by molar-refractivity contribution is 0.102. The Morgan fingerprint density at radius 1 is 1.26 bits per heavy atom. The summed E-state index contributed by atoms with van der Waals surface area (Å²) in [7, 11) is 0. The number of carbonyl (C=O) groups excluding carboxylic acids is 1. The second-order valence-corrected chi connectivity index (χ2v) is 4.92. The zero-order valence-electron chi connectivity index (χ0n) is 9.65. The molecule has 0 aliphatic rings. The number of nitrogens with two attached hydrogens (primary N) is 1. The second kappa shape index (κ2) is 6.01. The number of anilines is 2. The van der Waals surface area contributed by atoms with E-state index in [4.69, 9.17) is 17.4 Å². The Kier molecular flexibility index (Phi) is 4.36. The molecule has 0 radical (unpaired) electrons. The predicted octanol–water partition coefficient (Wildman–Crippen LogP) is 3.04. The summed E-state index contributed by atoms with van der Waals surface area (Å²) in [5.41, 5.74) is 3.91. The molecule has 5 nitrogen and oxygen atoms in total. The molecular formula is C12H10BrClN4O. The fourth-order valence-electron chi connectivity index (χ4n) is 1.41. The van der Waals surface area contributed by atoms with Gasteiger partial charge in [-0.3, -0.25) is 15.6 Å². The summed E-state index contributed by atoms with van der Waals surface area (Å²) < 4.78 is 0.764. The molecule has 98 valence electrons. The molecule has 1 aromatic heterocycles. The Hall–Kier alpha value is -1.63. The maximum atomic E-state index is 12.0. The van der Waals surface area contributed by atoms with Crippen molar-refractivity contribution >= 4 is 44.8 Å². The third-order valence-corrected chi connectivity index (χ3v) is 3.57. The molecule has 0 bridgehead atoms. The van der Waals surface area contributed by atoms with Crippen molar-refractivity contribution in [3.8, 4) is 0 Å². The van der Waals surface area contributed by atoms with Gasteiger partial charge in [-0.15, -0.1) is 0 Å². The summed E-state index contributed by atoms with van der Waals surface area (Å²) in [5.74, 6) is 4.94. The number of nitrogen functional groups attached to an aromatic ring is 1. The lowest BCUT2D eigenvalue weighted by Crippen LogP contribution is -2.15. The fourth-order valence-corrected chi connectivity index (χ4v) is 1.84. The molecule has 0 aliphatic heterocycles. The molecule has 0 saturated carbocycles. The highest BCUT2D eigenvalue weighted by Crippen LogP contribution is 2.25. The Balaban J connectivity index is 2.18. The minimum absolute atomic E-state index is 0.259. The highest BCUT2D eigenvalue weighted by molar-refractivity contribution is 9.10. The van der Waals surface area contributed by atoms with E-state index >= 15 is 0 Å². The van der Waals surface area contributed by atoms with Crippen LogP contribution in [0.25, 0.3) is 0 Å². The van der Waals surface area contributed by atoms with Gasteiger partial charge in [-0.05, 0) is 46.3 Å². The maximum Gasteiger partial charge on any atom is 0.274 e. The number of pyridine rings is 1. The lowest BCUT2D eigenvalue weighted by Gasteiger charge is -2.07. The van der Waals surface area contributed by atoms with Crippen molar-refractivity contribution in [2.75, 3.05) is 10.7 Å². The van der Waals surface area contributed by atoms with Crippen LogP contribution in [-0.2, 0) is 0 Å². The minimum atomic E-state index is -0.338. The van der Waals surface area contributed by atoms with Crippen LogP contribution in [-0.4, -0.2) is 10.9 Å². The standard InChI is InChI=1S/C12H10BrClN4O/c13-9-2-1-7(5-10(9)14)17-12(19)11-6-8(18-15)3-4-16-11/h1-6H,15H2,(H,16,18)(H,17,19). The summed E-state index contributed by atoms with van der Waals surface area (Å²) >= 11 is 9.23. The zero-order chi connectivity index (χ0) is 13.8. The van der Waals surface area contributed by atoms with Crippen molar-refractivity contribution in [1.82, 2.24) is 4.98 Å². The molecule has 2 rings (SSSR count). The van der Waals surface area contributed by atoms with E-state index < -0.39 is 0 Å². The quantitative estimate of drug-likeness (QED) is 0.592. The van der Waals surface area contributed by atoms with Gasteiger partial charge in [0, 0.05) is 16.4 Å². The van der Waals surface area contributed by atoms with Crippen molar-refractivity contribution < 1.29 is 4.79 Å². The van der Waals surface area contributed by atoms with Gasteiger partial charge in [0.25, 0.3) is 5.91 Å². The predicted molar refractivity (Wildman–Crippen MR) is 79.2 cm³/mol. The number of nitrogens with one attached hydrogen (secondary N) is 2. The highest BCUT2D eigenvalue weighted by Gasteiger charge is 2.09. The van der Waals surface area contributed by atoms with Crippen LogP contribution in [0.15, 0.2) is 41.0 Å². The number of hydrogen-bond acceptors (Lipinski definition) is 4. The van der Waals surface area contributed by atoms with Gasteiger partial charge >= 0.3 is 0 Å². The van der Waals surface area contributed by atoms with Crippen LogP contribution in [0.2, 0.25) is 5.02 Å². The van der Waals surface area contributed by atoms with E-state index in [1.165, 1.54) is 6.20 Å². The lowest BCUT2D eigenvalue weighted by atomic mass is 10.2. The molecule has 1 amide bonds. The number of amides is 1. The van der Waals surface area contributed by atoms with Crippen LogP contribution in [0.1, 0.15) is 10.5 Å². The molecule has 19 heavy (non-hydrogen) atoms. The number of hydrogen-bond donors (Lipinski definition) is 3. The number of aromatic nitrogens is 1. The Labute approximate surface area is 123 Å². The van der Waals surface area contributed by atoms with Crippen molar-refractivity contribution in [3.63, 3.8) is 0 Å². The normalized spacial score (nSPS) is 10.1. The number of halogens is 2. The van der Waals surface area contributed by atoms with E-state index in [1.54, 1.807) is 30.3 Å². The van der Waals surface area contributed by atoms with Crippen LogP contribution in [0, 0.1) is 0 Å². The van der Waals surface area contributed by atoms with Gasteiger partial charge in [0.1, 0.15) is 5.69 Å². The van der Waals surface area contributed by atoms with Gasteiger partial charge in [0.15, 0.2) is 0 Å². The first-order valence-electron chi connectivity index (χ1n) is 5.29. The molecule has 1 heterocycles. The Bertz CT molecular complexity index is 620. The number of carbonyl (C=O) groups is 1. The van der Waals surface area contributed by atoms with Gasteiger partial charge in [-0.2, -0.15) is 0 Å². The summed E-state index contributed by atoms with van der Waals surface area (Å²) in [6.45, 7) is 0. The molecule has 0 fully saturated rings. The molecule has 4 N–H and O–H groups in total. The number of hydrazine groups is 1. The first-order valence-corrected chi connectivity index (χ1v) is 6.46. The van der Waals surface area contributed by atoms with Gasteiger partial charge < -0.3 is 10.7 Å². The van der Waals surface area contributed by atoms with Gasteiger partial charge in [0.05, 0.1) is 10.7 Å². The number of nitrogens with zero attached hydrogens (tertiary/aromatic N) is 1. The van der Waals surface area contributed by atoms with Crippen molar-refractivity contribution in [3.05, 3.63) is 51.7 Å². The molecule has 7 heteroatoms. The van der Waals surface area contributed by atoms with E-state index in [1.807, 2.05) is 0 Å². The van der Waals surface area contributed by atoms with E-state index in [0.29, 0.717) is 16.4 Å². The van der Waals surface area contributed by atoms with Crippen molar-refractivity contribution in [2.45, 2.75) is 0 Å². The smallest absolute Gasteiger partial charge is 0.274 e. The Morgan fingerprint density at radius 3 is 2.74 bits per heavy atom. The van der Waals surface area contributed by atoms with Crippen molar-refractivity contribution in [1.29, 1.82) is 0 Å². The minimum Gasteiger partial charge on any atom is -0.324 e. The molecule has 1 aromatic carbocycles. The average Bonchev–Trinajstić information content (AvgIpc) is 2.43. The van der Waals surface area contributed by atoms with Crippen LogP contribution in [0.4, 0.5) is 11.4 Å². The highest BCUT2D eigenvalue weighted by atomic mass is 79.9. The largest absolute Gasteiger partial charge is 0.324 e. The molecule has 0 atom stereocenters. The van der Waals surface area contributed by atoms with Gasteiger partial charge in [-0.1, -0.05) is 11.6 Å². The van der Waals surface area contributed by atoms with E-state index in [9.17, 15) is 4.79 Å². The third kappa shape index (κ3) is 3.44. The van der Waals surface area contributed by atoms with E-state index in [0.717, 1.165) is 4.47 Å². The molecule has 0 saturated heterocycles. The molecule has 2 aromatic rings. The molecule has 0 unspecified atom stereocenters. The SMILES string of the molecule is NNc1ccnc(C(=O)Nc2ccc(Br)c(Cl)c2)c1. The summed E-state index contributed by atoms with van der Waals surface area (Å²) in [6.07, 6.45) is 1.50. The average molecular weight is 342 g/mol. The van der Waals surface area contributed by atoms with Crippen LogP contribution < -0.4 is 16.6 Å². The Morgan fingerprint density at radius 2 is 2.05 bits per heavy atom. The van der Waals surface area contributed by atoms with E-state index in [2.05, 4.69) is 31.7 Å². The summed E-state index contributed by atoms with van der Waals surface area (Å²) in [5, 5.41) is 3.22. The van der Waals surface area contributed by atoms with Crippen molar-refractivity contribution in [2.24, 2.45) is 5.84 Å². The summed E-state index contributed by atoms with van der Waals surface area (Å²) in [4.78, 5) is 16.0.